The Morgan fingerprint density at radius 1 is 1.09 bits per heavy atom. The van der Waals surface area contributed by atoms with Gasteiger partial charge >= 0.3 is 0 Å². The van der Waals surface area contributed by atoms with E-state index in [9.17, 15) is 4.79 Å². The number of carbonyl (C=O) groups is 1. The minimum absolute atomic E-state index is 0.00422. The minimum atomic E-state index is -0.00422. The summed E-state index contributed by atoms with van der Waals surface area (Å²) in [6.07, 6.45) is 3.11. The molecule has 1 saturated heterocycles. The molecular weight excluding hydrogens is 350 g/mol. The van der Waals surface area contributed by atoms with Crippen molar-refractivity contribution in [1.29, 1.82) is 0 Å². The highest BCUT2D eigenvalue weighted by Gasteiger charge is 2.25. The summed E-state index contributed by atoms with van der Waals surface area (Å²) in [7, 11) is 0. The van der Waals surface area contributed by atoms with E-state index in [2.05, 4.69) is 27.8 Å². The smallest absolute Gasteiger partial charge is 0.254 e. The Morgan fingerprint density at radius 2 is 1.91 bits per heavy atom. The lowest BCUT2D eigenvalue weighted by atomic mass is 10.0. The van der Waals surface area contributed by atoms with Crippen molar-refractivity contribution in [2.24, 2.45) is 0 Å². The van der Waals surface area contributed by atoms with E-state index < -0.39 is 0 Å². The van der Waals surface area contributed by atoms with Crippen LogP contribution < -0.4 is 0 Å². The van der Waals surface area contributed by atoms with Gasteiger partial charge in [0.1, 0.15) is 0 Å². The molecular formula is C20H18BrNO. The number of nitrogens with zero attached hydrogens (tertiary/aromatic N) is 1. The van der Waals surface area contributed by atoms with Crippen LogP contribution in [0.15, 0.2) is 59.1 Å². The fourth-order valence-electron chi connectivity index (χ4n) is 2.80. The second kappa shape index (κ2) is 7.48. The zero-order valence-corrected chi connectivity index (χ0v) is 14.4. The normalized spacial score (nSPS) is 17.3. The molecule has 1 aliphatic rings. The first-order chi connectivity index (χ1) is 11.2. The molecule has 2 aromatic rings. The first-order valence-corrected chi connectivity index (χ1v) is 8.66. The first kappa shape index (κ1) is 15.8. The molecule has 1 aliphatic heterocycles. The van der Waals surface area contributed by atoms with E-state index >= 15 is 0 Å². The summed E-state index contributed by atoms with van der Waals surface area (Å²) < 4.78 is 1.02. The molecule has 0 saturated carbocycles. The highest BCUT2D eigenvalue weighted by molar-refractivity contribution is 9.10. The lowest BCUT2D eigenvalue weighted by Crippen LogP contribution is -2.43. The maximum atomic E-state index is 12.7. The monoisotopic (exact) mass is 367 g/mol. The number of hydrogen-bond donors (Lipinski definition) is 0. The van der Waals surface area contributed by atoms with Crippen LogP contribution in [0.3, 0.4) is 0 Å². The van der Waals surface area contributed by atoms with E-state index in [-0.39, 0.29) is 11.9 Å². The highest BCUT2D eigenvalue weighted by atomic mass is 79.9. The van der Waals surface area contributed by atoms with E-state index in [0.717, 1.165) is 41.4 Å². The molecule has 1 amide bonds. The average molecular weight is 368 g/mol. The second-order valence-corrected chi connectivity index (χ2v) is 6.57. The maximum Gasteiger partial charge on any atom is 0.254 e. The predicted molar refractivity (Wildman–Crippen MR) is 96.1 cm³/mol. The number of likely N-dealkylation sites (tertiary alicyclic amines) is 1. The van der Waals surface area contributed by atoms with Gasteiger partial charge in [-0.3, -0.25) is 4.79 Å². The Hall–Kier alpha value is -2.05. The van der Waals surface area contributed by atoms with Crippen molar-refractivity contribution >= 4 is 21.8 Å². The molecule has 1 fully saturated rings. The Bertz CT molecular complexity index is 745. The maximum absolute atomic E-state index is 12.7. The summed E-state index contributed by atoms with van der Waals surface area (Å²) in [6.45, 7) is 0.783. The van der Waals surface area contributed by atoms with Crippen molar-refractivity contribution in [3.05, 3.63) is 70.2 Å². The van der Waals surface area contributed by atoms with Gasteiger partial charge in [0.15, 0.2) is 0 Å². The van der Waals surface area contributed by atoms with Gasteiger partial charge in [-0.1, -0.05) is 52.0 Å². The molecule has 3 rings (SSSR count). The van der Waals surface area contributed by atoms with Crippen LogP contribution in [0.2, 0.25) is 0 Å². The van der Waals surface area contributed by atoms with Crippen molar-refractivity contribution in [3.8, 4) is 11.8 Å². The molecule has 116 valence electrons. The third-order valence-electron chi connectivity index (χ3n) is 3.99. The summed E-state index contributed by atoms with van der Waals surface area (Å²) in [5, 5.41) is 0. The second-order valence-electron chi connectivity index (χ2n) is 5.66. The van der Waals surface area contributed by atoms with Gasteiger partial charge in [-0.25, -0.2) is 0 Å². The van der Waals surface area contributed by atoms with Crippen molar-refractivity contribution in [2.45, 2.75) is 25.3 Å². The summed E-state index contributed by atoms with van der Waals surface area (Å²) in [5.74, 6) is 6.60. The Labute approximate surface area is 145 Å². The molecule has 1 heterocycles. The van der Waals surface area contributed by atoms with Crippen LogP contribution in [-0.4, -0.2) is 23.4 Å². The lowest BCUT2D eigenvalue weighted by molar-refractivity contribution is 0.0672. The van der Waals surface area contributed by atoms with E-state index in [1.807, 2.05) is 59.5 Å². The number of rotatable bonds is 1. The van der Waals surface area contributed by atoms with Gasteiger partial charge in [0.25, 0.3) is 5.91 Å². The van der Waals surface area contributed by atoms with Crippen LogP contribution in [0.25, 0.3) is 0 Å². The van der Waals surface area contributed by atoms with Crippen LogP contribution in [0.5, 0.6) is 0 Å². The van der Waals surface area contributed by atoms with Crippen LogP contribution in [0.1, 0.15) is 35.2 Å². The summed E-state index contributed by atoms with van der Waals surface area (Å²) in [5.41, 5.74) is 1.71. The molecule has 0 N–H and O–H groups in total. The SMILES string of the molecule is O=C(c1ccccc1)N1CCCCC1C#Cc1cccc(Br)c1. The Kier molecular flexibility index (Phi) is 5.15. The molecule has 3 heteroatoms. The van der Waals surface area contributed by atoms with E-state index in [1.54, 1.807) is 0 Å². The zero-order chi connectivity index (χ0) is 16.1. The molecule has 0 spiro atoms. The van der Waals surface area contributed by atoms with E-state index in [0.29, 0.717) is 0 Å². The van der Waals surface area contributed by atoms with Gasteiger partial charge < -0.3 is 4.90 Å². The van der Waals surface area contributed by atoms with Crippen LogP contribution in [-0.2, 0) is 0 Å². The van der Waals surface area contributed by atoms with Crippen LogP contribution >= 0.6 is 15.9 Å². The predicted octanol–water partition coefficient (Wildman–Crippen LogP) is 4.50. The number of carbonyl (C=O) groups excluding carboxylic acids is 1. The molecule has 0 aromatic heterocycles. The number of halogens is 1. The summed E-state index contributed by atoms with van der Waals surface area (Å²) >= 11 is 3.46. The van der Waals surface area contributed by atoms with Gasteiger partial charge in [-0.15, -0.1) is 0 Å². The van der Waals surface area contributed by atoms with Crippen molar-refractivity contribution in [3.63, 3.8) is 0 Å². The number of benzene rings is 2. The van der Waals surface area contributed by atoms with Crippen molar-refractivity contribution in [2.75, 3.05) is 6.54 Å². The Balaban J connectivity index is 1.81. The molecule has 2 aromatic carbocycles. The van der Waals surface area contributed by atoms with Crippen molar-refractivity contribution in [1.82, 2.24) is 4.90 Å². The van der Waals surface area contributed by atoms with Gasteiger partial charge in [0.05, 0.1) is 6.04 Å². The number of amides is 1. The van der Waals surface area contributed by atoms with Gasteiger partial charge in [0.2, 0.25) is 0 Å². The highest BCUT2D eigenvalue weighted by Crippen LogP contribution is 2.19. The van der Waals surface area contributed by atoms with E-state index in [4.69, 9.17) is 0 Å². The third kappa shape index (κ3) is 4.03. The fraction of sp³-hybridized carbons (Fsp3) is 0.250. The summed E-state index contributed by atoms with van der Waals surface area (Å²) in [6, 6.07) is 17.4. The average Bonchev–Trinajstić information content (AvgIpc) is 2.60. The topological polar surface area (TPSA) is 20.3 Å². The van der Waals surface area contributed by atoms with Crippen molar-refractivity contribution < 1.29 is 4.79 Å². The van der Waals surface area contributed by atoms with Gasteiger partial charge in [0, 0.05) is 22.1 Å². The lowest BCUT2D eigenvalue weighted by Gasteiger charge is -2.32. The first-order valence-electron chi connectivity index (χ1n) is 7.87. The molecule has 23 heavy (non-hydrogen) atoms. The molecule has 0 radical (unpaired) electrons. The third-order valence-corrected chi connectivity index (χ3v) is 4.49. The molecule has 0 bridgehead atoms. The molecule has 2 nitrogen and oxygen atoms in total. The summed E-state index contributed by atoms with van der Waals surface area (Å²) in [4.78, 5) is 14.6. The zero-order valence-electron chi connectivity index (χ0n) is 12.8. The number of piperidine rings is 1. The molecule has 1 atom stereocenters. The quantitative estimate of drug-likeness (QED) is 0.679. The largest absolute Gasteiger partial charge is 0.325 e. The molecule has 0 aliphatic carbocycles. The Morgan fingerprint density at radius 3 is 2.70 bits per heavy atom. The standard InChI is InChI=1S/C20H18BrNO/c21-18-10-6-7-16(15-18)12-13-19-11-4-5-14-22(19)20(23)17-8-2-1-3-9-17/h1-3,6-10,15,19H,4-5,11,14H2. The number of hydrogen-bond acceptors (Lipinski definition) is 1. The van der Waals surface area contributed by atoms with Gasteiger partial charge in [-0.05, 0) is 49.6 Å². The van der Waals surface area contributed by atoms with Gasteiger partial charge in [-0.2, -0.15) is 0 Å². The van der Waals surface area contributed by atoms with Crippen LogP contribution in [0.4, 0.5) is 0 Å². The van der Waals surface area contributed by atoms with E-state index in [1.165, 1.54) is 0 Å². The van der Waals surface area contributed by atoms with Crippen LogP contribution in [0, 0.1) is 11.8 Å². The molecule has 1 unspecified atom stereocenters. The minimum Gasteiger partial charge on any atom is -0.325 e. The fourth-order valence-corrected chi connectivity index (χ4v) is 3.20.